The van der Waals surface area contributed by atoms with Crippen LogP contribution in [0.1, 0.15) is 10.6 Å². The fourth-order valence-electron chi connectivity index (χ4n) is 1.76. The minimum Gasteiger partial charge on any atom is -0.497 e. The van der Waals surface area contributed by atoms with Gasteiger partial charge in [-0.2, -0.15) is 0 Å². The molecule has 1 heterocycles. The van der Waals surface area contributed by atoms with E-state index in [4.69, 9.17) is 9.47 Å². The number of hydrogen-bond donors (Lipinski definition) is 2. The van der Waals surface area contributed by atoms with Crippen LogP contribution in [0.15, 0.2) is 18.2 Å². The molecule has 0 unspecified atom stereocenters. The number of carbonyl (C=O) groups excluding carboxylic acids is 2. The molecule has 0 spiro atoms. The summed E-state index contributed by atoms with van der Waals surface area (Å²) >= 11 is 1.31. The maximum atomic E-state index is 12.0. The summed E-state index contributed by atoms with van der Waals surface area (Å²) in [5, 5.41) is 5.36. The van der Waals surface area contributed by atoms with Gasteiger partial charge >= 0.3 is 11.8 Å². The number of benzene rings is 1. The number of aryl methyl sites for hydroxylation is 2. The lowest BCUT2D eigenvalue weighted by Crippen LogP contribution is -2.29. The molecule has 0 aliphatic rings. The summed E-state index contributed by atoms with van der Waals surface area (Å²) in [6, 6.07) is 4.87. The number of rotatable bonds is 4. The molecule has 0 atom stereocenters. The molecule has 0 aliphatic heterocycles. The monoisotopic (exact) mass is 335 g/mol. The highest BCUT2D eigenvalue weighted by Crippen LogP contribution is 2.29. The molecule has 1 aromatic heterocycles. The quantitative estimate of drug-likeness (QED) is 0.837. The van der Waals surface area contributed by atoms with Crippen LogP contribution in [-0.2, 0) is 9.59 Å². The van der Waals surface area contributed by atoms with Gasteiger partial charge in [0.25, 0.3) is 0 Å². The average Bonchev–Trinajstić information content (AvgIpc) is 2.85. The maximum absolute atomic E-state index is 12.0. The highest BCUT2D eigenvalue weighted by Gasteiger charge is 2.18. The van der Waals surface area contributed by atoms with E-state index in [-0.39, 0.29) is 0 Å². The molecule has 0 bridgehead atoms. The molecule has 0 saturated heterocycles. The lowest BCUT2D eigenvalue weighted by atomic mass is 10.2. The second-order valence-electron chi connectivity index (χ2n) is 4.64. The second-order valence-corrected chi connectivity index (χ2v) is 5.84. The zero-order valence-electron chi connectivity index (χ0n) is 13.2. The first-order valence-electron chi connectivity index (χ1n) is 6.73. The Hall–Kier alpha value is -2.61. The highest BCUT2D eigenvalue weighted by molar-refractivity contribution is 7.15. The van der Waals surface area contributed by atoms with E-state index in [0.717, 1.165) is 10.6 Å². The Kier molecular flexibility index (Phi) is 5.17. The van der Waals surface area contributed by atoms with Gasteiger partial charge in [-0.05, 0) is 26.0 Å². The Morgan fingerprint density at radius 2 is 1.78 bits per heavy atom. The van der Waals surface area contributed by atoms with Crippen molar-refractivity contribution in [2.24, 2.45) is 0 Å². The molecule has 0 saturated carbocycles. The van der Waals surface area contributed by atoms with Crippen LogP contribution in [0.5, 0.6) is 11.5 Å². The Balaban J connectivity index is 2.07. The Labute approximate surface area is 137 Å². The van der Waals surface area contributed by atoms with Gasteiger partial charge in [-0.1, -0.05) is 0 Å². The summed E-state index contributed by atoms with van der Waals surface area (Å²) in [6.45, 7) is 3.73. The van der Waals surface area contributed by atoms with Crippen molar-refractivity contribution in [1.29, 1.82) is 0 Å². The average molecular weight is 335 g/mol. The molecule has 2 rings (SSSR count). The number of amides is 2. The van der Waals surface area contributed by atoms with Crippen LogP contribution in [0.2, 0.25) is 0 Å². The zero-order valence-corrected chi connectivity index (χ0v) is 14.0. The van der Waals surface area contributed by atoms with E-state index < -0.39 is 11.8 Å². The van der Waals surface area contributed by atoms with Crippen molar-refractivity contribution < 1.29 is 19.1 Å². The number of ether oxygens (including phenoxy) is 2. The molecule has 2 amide bonds. The van der Waals surface area contributed by atoms with Crippen molar-refractivity contribution in [1.82, 2.24) is 4.98 Å². The summed E-state index contributed by atoms with van der Waals surface area (Å²) in [7, 11) is 2.99. The number of carbonyl (C=O) groups is 2. The third-order valence-electron chi connectivity index (χ3n) is 3.11. The van der Waals surface area contributed by atoms with Gasteiger partial charge in [-0.25, -0.2) is 4.98 Å². The second kappa shape index (κ2) is 7.10. The topological polar surface area (TPSA) is 89.5 Å². The van der Waals surface area contributed by atoms with E-state index in [1.807, 2.05) is 13.8 Å². The number of anilines is 2. The molecule has 0 radical (unpaired) electrons. The van der Waals surface area contributed by atoms with Gasteiger partial charge < -0.3 is 14.8 Å². The van der Waals surface area contributed by atoms with Crippen LogP contribution in [0, 0.1) is 13.8 Å². The number of thiazole rings is 1. The van der Waals surface area contributed by atoms with Gasteiger partial charge in [-0.15, -0.1) is 11.3 Å². The Bertz CT molecular complexity index is 723. The van der Waals surface area contributed by atoms with Crippen molar-refractivity contribution in [3.8, 4) is 11.5 Å². The predicted octanol–water partition coefficient (Wildman–Crippen LogP) is 2.35. The first-order chi connectivity index (χ1) is 10.9. The lowest BCUT2D eigenvalue weighted by molar-refractivity contribution is -0.133. The molecule has 2 aromatic rings. The van der Waals surface area contributed by atoms with Crippen LogP contribution in [-0.4, -0.2) is 31.0 Å². The molecular formula is C15H17N3O4S. The number of aromatic nitrogens is 1. The first kappa shape index (κ1) is 16.8. The molecule has 122 valence electrons. The van der Waals surface area contributed by atoms with Gasteiger partial charge in [0.2, 0.25) is 0 Å². The summed E-state index contributed by atoms with van der Waals surface area (Å²) in [4.78, 5) is 29.1. The number of nitrogens with one attached hydrogen (secondary N) is 2. The van der Waals surface area contributed by atoms with Gasteiger partial charge in [-0.3, -0.25) is 14.9 Å². The van der Waals surface area contributed by atoms with E-state index in [9.17, 15) is 9.59 Å². The molecule has 23 heavy (non-hydrogen) atoms. The van der Waals surface area contributed by atoms with Crippen molar-refractivity contribution in [2.75, 3.05) is 24.9 Å². The molecule has 7 nitrogen and oxygen atoms in total. The SMILES string of the molecule is COc1ccc(NC(=O)C(=O)Nc2nc(C)c(C)s2)c(OC)c1. The molecule has 2 N–H and O–H groups in total. The Morgan fingerprint density at radius 1 is 1.09 bits per heavy atom. The fourth-order valence-corrected chi connectivity index (χ4v) is 2.57. The molecule has 0 aliphatic carbocycles. The fraction of sp³-hybridized carbons (Fsp3) is 0.267. The van der Waals surface area contributed by atoms with E-state index >= 15 is 0 Å². The van der Waals surface area contributed by atoms with E-state index in [0.29, 0.717) is 22.3 Å². The lowest BCUT2D eigenvalue weighted by Gasteiger charge is -2.11. The van der Waals surface area contributed by atoms with Gasteiger partial charge in [0.05, 0.1) is 25.6 Å². The Morgan fingerprint density at radius 3 is 2.35 bits per heavy atom. The third kappa shape index (κ3) is 3.98. The minimum absolute atomic E-state index is 0.375. The smallest absolute Gasteiger partial charge is 0.315 e. The van der Waals surface area contributed by atoms with Gasteiger partial charge in [0, 0.05) is 10.9 Å². The van der Waals surface area contributed by atoms with Crippen molar-refractivity contribution >= 4 is 34.0 Å². The molecule has 1 aromatic carbocycles. The summed E-state index contributed by atoms with van der Waals surface area (Å²) in [6.07, 6.45) is 0. The van der Waals surface area contributed by atoms with E-state index in [1.54, 1.807) is 18.2 Å². The largest absolute Gasteiger partial charge is 0.497 e. The van der Waals surface area contributed by atoms with Crippen LogP contribution >= 0.6 is 11.3 Å². The van der Waals surface area contributed by atoms with Crippen LogP contribution in [0.25, 0.3) is 0 Å². The predicted molar refractivity (Wildman–Crippen MR) is 88.4 cm³/mol. The van der Waals surface area contributed by atoms with Crippen LogP contribution in [0.4, 0.5) is 10.8 Å². The van der Waals surface area contributed by atoms with Crippen molar-refractivity contribution in [3.05, 3.63) is 28.8 Å². The number of methoxy groups -OCH3 is 2. The van der Waals surface area contributed by atoms with Gasteiger partial charge in [0.15, 0.2) is 5.13 Å². The zero-order chi connectivity index (χ0) is 17.0. The summed E-state index contributed by atoms with van der Waals surface area (Å²) in [5.41, 5.74) is 1.20. The standard InChI is InChI=1S/C15H17N3O4S/c1-8-9(2)23-15(16-8)18-14(20)13(19)17-11-6-5-10(21-3)7-12(11)22-4/h5-7H,1-4H3,(H,17,19)(H,16,18,20). The summed E-state index contributed by atoms with van der Waals surface area (Å²) in [5.74, 6) is -0.625. The third-order valence-corrected chi connectivity index (χ3v) is 4.10. The highest BCUT2D eigenvalue weighted by atomic mass is 32.1. The molecule has 8 heteroatoms. The normalized spacial score (nSPS) is 10.1. The van der Waals surface area contributed by atoms with E-state index in [2.05, 4.69) is 15.6 Å². The van der Waals surface area contributed by atoms with Gasteiger partial charge in [0.1, 0.15) is 11.5 Å². The maximum Gasteiger partial charge on any atom is 0.315 e. The first-order valence-corrected chi connectivity index (χ1v) is 7.54. The molecule has 0 fully saturated rings. The minimum atomic E-state index is -0.807. The van der Waals surface area contributed by atoms with E-state index in [1.165, 1.54) is 25.6 Å². The van der Waals surface area contributed by atoms with Crippen LogP contribution in [0.3, 0.4) is 0 Å². The van der Waals surface area contributed by atoms with Crippen molar-refractivity contribution in [3.63, 3.8) is 0 Å². The number of hydrogen-bond acceptors (Lipinski definition) is 6. The van der Waals surface area contributed by atoms with Crippen molar-refractivity contribution in [2.45, 2.75) is 13.8 Å². The molecular weight excluding hydrogens is 318 g/mol. The van der Waals surface area contributed by atoms with Crippen LogP contribution < -0.4 is 20.1 Å². The summed E-state index contributed by atoms with van der Waals surface area (Å²) < 4.78 is 10.2. The number of nitrogens with zero attached hydrogens (tertiary/aromatic N) is 1.